The molecule has 0 aliphatic carbocycles. The van der Waals surface area contributed by atoms with E-state index in [1.165, 1.54) is 35.7 Å². The highest BCUT2D eigenvalue weighted by Crippen LogP contribution is 2.37. The summed E-state index contributed by atoms with van der Waals surface area (Å²) in [6.07, 6.45) is 12.2. The Kier molecular flexibility index (Phi) is 9.64. The molecule has 2 N–H and O–H groups in total. The highest BCUT2D eigenvalue weighted by molar-refractivity contribution is 6.74. The van der Waals surface area contributed by atoms with Gasteiger partial charge in [-0.25, -0.2) is 4.98 Å². The Morgan fingerprint density at radius 1 is 1.16 bits per heavy atom. The van der Waals surface area contributed by atoms with Gasteiger partial charge in [-0.1, -0.05) is 47.0 Å². The van der Waals surface area contributed by atoms with E-state index < -0.39 is 14.2 Å². The Hall–Kier alpha value is -2.58. The third-order valence-corrected chi connectivity index (χ3v) is 12.3. The minimum atomic E-state index is -1.94. The Labute approximate surface area is 223 Å². The summed E-state index contributed by atoms with van der Waals surface area (Å²) in [5.41, 5.74) is 8.23. The smallest absolute Gasteiger partial charge is 0.268 e. The van der Waals surface area contributed by atoms with Crippen LogP contribution in [0, 0.1) is 0 Å². The molecule has 1 atom stereocenters. The fourth-order valence-electron chi connectivity index (χ4n) is 4.29. The molecular weight excluding hydrogens is 480 g/mol. The Bertz CT molecular complexity index is 1180. The van der Waals surface area contributed by atoms with Gasteiger partial charge in [0, 0.05) is 30.3 Å². The van der Waals surface area contributed by atoms with Crippen LogP contribution in [-0.2, 0) is 17.9 Å². The van der Waals surface area contributed by atoms with E-state index in [9.17, 15) is 4.79 Å². The van der Waals surface area contributed by atoms with Gasteiger partial charge in [-0.2, -0.15) is 0 Å². The van der Waals surface area contributed by atoms with Crippen molar-refractivity contribution >= 4 is 25.1 Å². The summed E-state index contributed by atoms with van der Waals surface area (Å²) >= 11 is 0. The lowest BCUT2D eigenvalue weighted by Crippen LogP contribution is -2.42. The second kappa shape index (κ2) is 12.3. The molecule has 37 heavy (non-hydrogen) atoms. The Balaban J connectivity index is 1.78. The predicted octanol–water partition coefficient (Wildman–Crippen LogP) is 6.63. The molecule has 0 radical (unpaired) electrons. The highest BCUT2D eigenvalue weighted by atomic mass is 28.4. The summed E-state index contributed by atoms with van der Waals surface area (Å²) in [5.74, 6) is 0.411. The van der Waals surface area contributed by atoms with Crippen LogP contribution in [0.2, 0.25) is 18.1 Å². The molecule has 0 spiro atoms. The fourth-order valence-corrected chi connectivity index (χ4v) is 5.33. The number of amides is 1. The largest absolute Gasteiger partial charge is 0.494 e. The molecule has 1 aromatic carbocycles. The van der Waals surface area contributed by atoms with E-state index in [1.54, 1.807) is 12.5 Å². The molecule has 0 saturated carbocycles. The summed E-state index contributed by atoms with van der Waals surface area (Å²) in [5, 5.41) is 1.34. The average Bonchev–Trinajstić information content (AvgIpc) is 3.43. The number of benzene rings is 1. The molecule has 8 heteroatoms. The van der Waals surface area contributed by atoms with Gasteiger partial charge in [-0.15, -0.1) is 0 Å². The molecule has 2 aromatic heterocycles. The summed E-state index contributed by atoms with van der Waals surface area (Å²) in [6, 6.07) is 6.43. The van der Waals surface area contributed by atoms with Crippen molar-refractivity contribution in [1.82, 2.24) is 14.1 Å². The van der Waals surface area contributed by atoms with Crippen LogP contribution in [-0.4, -0.2) is 41.6 Å². The number of nitrogens with two attached hydrogens (primary N) is 1. The van der Waals surface area contributed by atoms with Crippen LogP contribution in [0.15, 0.2) is 36.9 Å². The lowest BCUT2D eigenvalue weighted by Gasteiger charge is -2.37. The van der Waals surface area contributed by atoms with Crippen molar-refractivity contribution in [3.05, 3.63) is 48.2 Å². The quantitative estimate of drug-likeness (QED) is 0.189. The third kappa shape index (κ3) is 7.48. The molecule has 3 aromatic rings. The SMILES string of the molecule is CCCCCCOc1ccc2c(c1)c(CC[C@H](CO[Si](C)(C)C(C)(C)C)n1cnc(C(N)=O)c1)cn2C. The number of hydrogen-bond acceptors (Lipinski definition) is 4. The minimum absolute atomic E-state index is 0.0444. The summed E-state index contributed by atoms with van der Waals surface area (Å²) in [6.45, 7) is 14.8. The monoisotopic (exact) mass is 526 g/mol. The van der Waals surface area contributed by atoms with Crippen molar-refractivity contribution < 1.29 is 14.0 Å². The van der Waals surface area contributed by atoms with Gasteiger partial charge in [0.05, 0.1) is 25.6 Å². The molecule has 7 nitrogen and oxygen atoms in total. The van der Waals surface area contributed by atoms with Gasteiger partial charge in [0.1, 0.15) is 11.4 Å². The number of imidazole rings is 1. The maximum atomic E-state index is 11.7. The maximum absolute atomic E-state index is 11.7. The number of nitrogens with zero attached hydrogens (tertiary/aromatic N) is 3. The first-order valence-electron chi connectivity index (χ1n) is 13.6. The van der Waals surface area contributed by atoms with E-state index in [2.05, 4.69) is 81.8 Å². The van der Waals surface area contributed by atoms with Crippen LogP contribution in [0.4, 0.5) is 0 Å². The Morgan fingerprint density at radius 2 is 1.92 bits per heavy atom. The second-order valence-electron chi connectivity index (χ2n) is 11.7. The van der Waals surface area contributed by atoms with Gasteiger partial charge in [-0.3, -0.25) is 4.79 Å². The van der Waals surface area contributed by atoms with Gasteiger partial charge in [0.15, 0.2) is 8.32 Å². The van der Waals surface area contributed by atoms with Gasteiger partial charge < -0.3 is 24.0 Å². The standard InChI is InChI=1S/C29H46N4O3Si/c1-8-9-10-11-16-35-24-14-15-27-25(17-24)22(18-32(27)5)12-13-23(20-36-37(6,7)29(2,3)4)33-19-26(28(30)34)31-21-33/h14-15,17-19,21,23H,8-13,16,20H2,1-7H3,(H2,30,34)/t23-/m1/s1. The molecule has 0 aliphatic heterocycles. The van der Waals surface area contributed by atoms with Crippen LogP contribution < -0.4 is 10.5 Å². The highest BCUT2D eigenvalue weighted by Gasteiger charge is 2.37. The molecule has 0 aliphatic rings. The normalized spacial score (nSPS) is 13.3. The summed E-state index contributed by atoms with van der Waals surface area (Å²) < 4.78 is 16.8. The van der Waals surface area contributed by atoms with Crippen LogP contribution in [0.25, 0.3) is 10.9 Å². The van der Waals surface area contributed by atoms with Gasteiger partial charge in [0.2, 0.25) is 0 Å². The van der Waals surface area contributed by atoms with Gasteiger partial charge >= 0.3 is 0 Å². The zero-order chi connectivity index (χ0) is 27.2. The number of carbonyl (C=O) groups excluding carboxylic acids is 1. The first kappa shape index (κ1) is 29.0. The molecule has 0 saturated heterocycles. The number of unbranched alkanes of at least 4 members (excludes halogenated alkanes) is 3. The Morgan fingerprint density at radius 3 is 2.57 bits per heavy atom. The lowest BCUT2D eigenvalue weighted by atomic mass is 10.0. The third-order valence-electron chi connectivity index (χ3n) is 7.78. The molecular formula is C29H46N4O3Si. The van der Waals surface area contributed by atoms with Crippen LogP contribution in [0.3, 0.4) is 0 Å². The summed E-state index contributed by atoms with van der Waals surface area (Å²) in [7, 11) is 0.149. The molecule has 0 fully saturated rings. The number of primary amides is 1. The molecule has 0 bridgehead atoms. The number of aryl methyl sites for hydroxylation is 2. The zero-order valence-corrected chi connectivity index (χ0v) is 24.8. The van der Waals surface area contributed by atoms with Crippen molar-refractivity contribution in [2.45, 2.75) is 90.4 Å². The maximum Gasteiger partial charge on any atom is 0.268 e. The van der Waals surface area contributed by atoms with E-state index >= 15 is 0 Å². The fraction of sp³-hybridized carbons (Fsp3) is 0.586. The van der Waals surface area contributed by atoms with Gasteiger partial charge in [-0.05, 0) is 61.2 Å². The first-order chi connectivity index (χ1) is 17.4. The first-order valence-corrected chi connectivity index (χ1v) is 16.5. The van der Waals surface area contributed by atoms with E-state index in [1.807, 2.05) is 4.57 Å². The van der Waals surface area contributed by atoms with Gasteiger partial charge in [0.25, 0.3) is 5.91 Å². The van der Waals surface area contributed by atoms with E-state index in [-0.39, 0.29) is 16.8 Å². The topological polar surface area (TPSA) is 84.3 Å². The van der Waals surface area contributed by atoms with Crippen molar-refractivity contribution in [3.8, 4) is 5.75 Å². The van der Waals surface area contributed by atoms with Crippen LogP contribution in [0.1, 0.15) is 81.9 Å². The van der Waals surface area contributed by atoms with Crippen LogP contribution in [0.5, 0.6) is 5.75 Å². The van der Waals surface area contributed by atoms with Crippen molar-refractivity contribution in [2.75, 3.05) is 13.2 Å². The number of carbonyl (C=O) groups is 1. The zero-order valence-electron chi connectivity index (χ0n) is 23.8. The van der Waals surface area contributed by atoms with Crippen LogP contribution >= 0.6 is 0 Å². The molecule has 204 valence electrons. The van der Waals surface area contributed by atoms with E-state index in [0.29, 0.717) is 6.61 Å². The van der Waals surface area contributed by atoms with Crippen molar-refractivity contribution in [2.24, 2.45) is 12.8 Å². The summed E-state index contributed by atoms with van der Waals surface area (Å²) in [4.78, 5) is 15.9. The van der Waals surface area contributed by atoms with E-state index in [4.69, 9.17) is 14.9 Å². The van der Waals surface area contributed by atoms with Crippen molar-refractivity contribution in [3.63, 3.8) is 0 Å². The number of ether oxygens (including phenoxy) is 1. The number of fused-ring (bicyclic) bond motifs is 1. The molecule has 3 rings (SSSR count). The molecule has 1 amide bonds. The average molecular weight is 527 g/mol. The van der Waals surface area contributed by atoms with E-state index in [0.717, 1.165) is 31.6 Å². The number of rotatable bonds is 14. The minimum Gasteiger partial charge on any atom is -0.494 e. The predicted molar refractivity (Wildman–Crippen MR) is 154 cm³/mol. The number of hydrogen-bond donors (Lipinski definition) is 1. The van der Waals surface area contributed by atoms with Crippen molar-refractivity contribution in [1.29, 1.82) is 0 Å². The molecule has 2 heterocycles. The lowest BCUT2D eigenvalue weighted by molar-refractivity contribution is 0.0995. The second-order valence-corrected chi connectivity index (χ2v) is 16.5. The molecule has 0 unspecified atom stereocenters. The number of aromatic nitrogens is 3.